The normalized spacial score (nSPS) is 19.8. The Morgan fingerprint density at radius 2 is 2.40 bits per heavy atom. The van der Waals surface area contributed by atoms with E-state index in [2.05, 4.69) is 4.90 Å². The summed E-state index contributed by atoms with van der Waals surface area (Å²) in [6.45, 7) is 2.50. The Morgan fingerprint density at radius 3 is 3.10 bits per heavy atom. The number of carboxylic acid groups (broad SMARTS) is 1. The fraction of sp³-hybridized carbons (Fsp3) is 0.500. The zero-order chi connectivity index (χ0) is 14.5. The largest absolute Gasteiger partial charge is 0.496 e. The molecule has 1 heterocycles. The predicted molar refractivity (Wildman–Crippen MR) is 75.3 cm³/mol. The van der Waals surface area contributed by atoms with Crippen LogP contribution in [0, 0.1) is 0 Å². The van der Waals surface area contributed by atoms with Crippen LogP contribution in [0.1, 0.15) is 12.0 Å². The maximum absolute atomic E-state index is 10.7. The minimum absolute atomic E-state index is 0.0240. The Morgan fingerprint density at radius 1 is 1.60 bits per heavy atom. The lowest BCUT2D eigenvalue weighted by atomic mass is 10.1. The first-order valence-corrected chi connectivity index (χ1v) is 6.85. The highest BCUT2D eigenvalue weighted by Gasteiger charge is 2.24. The van der Waals surface area contributed by atoms with E-state index in [0.717, 1.165) is 17.9 Å². The monoisotopic (exact) mass is 299 g/mol. The maximum Gasteiger partial charge on any atom is 0.306 e. The topological polar surface area (TPSA) is 59.0 Å². The van der Waals surface area contributed by atoms with Gasteiger partial charge in [-0.1, -0.05) is 17.7 Å². The molecule has 1 aliphatic rings. The number of ether oxygens (including phenoxy) is 2. The van der Waals surface area contributed by atoms with Gasteiger partial charge in [0.25, 0.3) is 0 Å². The third kappa shape index (κ3) is 3.85. The highest BCUT2D eigenvalue weighted by Crippen LogP contribution is 2.28. The lowest BCUT2D eigenvalue weighted by Gasteiger charge is -2.32. The van der Waals surface area contributed by atoms with E-state index in [1.54, 1.807) is 7.11 Å². The van der Waals surface area contributed by atoms with Crippen LogP contribution in [0.25, 0.3) is 0 Å². The van der Waals surface area contributed by atoms with Crippen molar-refractivity contribution in [2.24, 2.45) is 0 Å². The molecule has 0 radical (unpaired) electrons. The van der Waals surface area contributed by atoms with Crippen LogP contribution in [0.3, 0.4) is 0 Å². The molecule has 1 aliphatic heterocycles. The molecular formula is C14H18ClNO4. The second-order valence-electron chi connectivity index (χ2n) is 4.75. The van der Waals surface area contributed by atoms with E-state index in [1.165, 1.54) is 0 Å². The van der Waals surface area contributed by atoms with Crippen LogP contribution in [0.5, 0.6) is 5.75 Å². The molecule has 1 unspecified atom stereocenters. The molecule has 5 nitrogen and oxygen atoms in total. The zero-order valence-corrected chi connectivity index (χ0v) is 12.1. The van der Waals surface area contributed by atoms with Gasteiger partial charge in [-0.25, -0.2) is 0 Å². The molecule has 1 N–H and O–H groups in total. The molecule has 1 atom stereocenters. The number of rotatable bonds is 5. The van der Waals surface area contributed by atoms with Crippen molar-refractivity contribution in [1.29, 1.82) is 0 Å². The summed E-state index contributed by atoms with van der Waals surface area (Å²) in [6.07, 6.45) is -0.245. The number of halogens is 1. The van der Waals surface area contributed by atoms with Crippen molar-refractivity contribution in [3.63, 3.8) is 0 Å². The van der Waals surface area contributed by atoms with Crippen LogP contribution >= 0.6 is 11.6 Å². The van der Waals surface area contributed by atoms with Crippen LogP contribution in [0.15, 0.2) is 18.2 Å². The first kappa shape index (κ1) is 15.1. The molecular weight excluding hydrogens is 282 g/mol. The second-order valence-corrected chi connectivity index (χ2v) is 5.15. The van der Waals surface area contributed by atoms with E-state index in [9.17, 15) is 4.79 Å². The Kier molecular flexibility index (Phi) is 5.23. The van der Waals surface area contributed by atoms with Crippen molar-refractivity contribution in [1.82, 2.24) is 4.90 Å². The Bertz CT molecular complexity index is 480. The molecule has 1 fully saturated rings. The number of methoxy groups -OCH3 is 1. The standard InChI is InChI=1S/C14H18ClNO4/c1-19-13-4-2-3-12(15)11(13)9-16-5-6-20-10(8-16)7-14(17)18/h2-4,10H,5-9H2,1H3,(H,17,18). The van der Waals surface area contributed by atoms with Gasteiger partial charge in [0.2, 0.25) is 0 Å². The van der Waals surface area contributed by atoms with Gasteiger partial charge in [-0.05, 0) is 12.1 Å². The molecule has 0 aromatic heterocycles. The molecule has 1 aromatic rings. The minimum atomic E-state index is -0.841. The summed E-state index contributed by atoms with van der Waals surface area (Å²) in [6, 6.07) is 5.54. The summed E-state index contributed by atoms with van der Waals surface area (Å²) in [5, 5.41) is 9.49. The first-order chi connectivity index (χ1) is 9.60. The number of hydrogen-bond acceptors (Lipinski definition) is 4. The molecule has 0 aliphatic carbocycles. The quantitative estimate of drug-likeness (QED) is 0.901. The summed E-state index contributed by atoms with van der Waals surface area (Å²) in [4.78, 5) is 12.9. The number of hydrogen-bond donors (Lipinski definition) is 1. The lowest BCUT2D eigenvalue weighted by Crippen LogP contribution is -2.42. The van der Waals surface area contributed by atoms with E-state index in [-0.39, 0.29) is 12.5 Å². The van der Waals surface area contributed by atoms with Gasteiger partial charge in [0.05, 0.1) is 26.2 Å². The predicted octanol–water partition coefficient (Wildman–Crippen LogP) is 2.02. The van der Waals surface area contributed by atoms with Crippen molar-refractivity contribution < 1.29 is 19.4 Å². The van der Waals surface area contributed by atoms with Gasteiger partial charge in [-0.15, -0.1) is 0 Å². The summed E-state index contributed by atoms with van der Waals surface area (Å²) in [7, 11) is 1.61. The van der Waals surface area contributed by atoms with Crippen molar-refractivity contribution in [2.45, 2.75) is 19.1 Å². The zero-order valence-electron chi connectivity index (χ0n) is 11.3. The number of morpholine rings is 1. The van der Waals surface area contributed by atoms with Gasteiger partial charge in [0.1, 0.15) is 5.75 Å². The van der Waals surface area contributed by atoms with Gasteiger partial charge in [-0.3, -0.25) is 9.69 Å². The Labute approximate surface area is 123 Å². The van der Waals surface area contributed by atoms with Crippen LogP contribution in [0.2, 0.25) is 5.02 Å². The molecule has 0 spiro atoms. The fourth-order valence-electron chi connectivity index (χ4n) is 2.35. The number of benzene rings is 1. The van der Waals surface area contributed by atoms with Crippen molar-refractivity contribution in [2.75, 3.05) is 26.8 Å². The fourth-order valence-corrected chi connectivity index (χ4v) is 2.58. The lowest BCUT2D eigenvalue weighted by molar-refractivity contribution is -0.142. The van der Waals surface area contributed by atoms with E-state index in [4.69, 9.17) is 26.2 Å². The second kappa shape index (κ2) is 6.92. The molecule has 20 heavy (non-hydrogen) atoms. The van der Waals surface area contributed by atoms with E-state index in [1.807, 2.05) is 18.2 Å². The molecule has 1 saturated heterocycles. The van der Waals surface area contributed by atoms with Gasteiger partial charge < -0.3 is 14.6 Å². The van der Waals surface area contributed by atoms with E-state index >= 15 is 0 Å². The molecule has 2 rings (SSSR count). The maximum atomic E-state index is 10.7. The average molecular weight is 300 g/mol. The SMILES string of the molecule is COc1cccc(Cl)c1CN1CCOC(CC(=O)O)C1. The third-order valence-corrected chi connectivity index (χ3v) is 3.66. The van der Waals surface area contributed by atoms with Crippen LogP contribution in [-0.2, 0) is 16.1 Å². The molecule has 1 aromatic carbocycles. The molecule has 0 saturated carbocycles. The molecule has 0 bridgehead atoms. The van der Waals surface area contributed by atoms with Crippen molar-refractivity contribution in [3.8, 4) is 5.75 Å². The summed E-state index contributed by atoms with van der Waals surface area (Å²) in [5.41, 5.74) is 0.924. The van der Waals surface area contributed by atoms with Crippen LogP contribution < -0.4 is 4.74 Å². The van der Waals surface area contributed by atoms with E-state index in [0.29, 0.717) is 24.7 Å². The Hall–Kier alpha value is -1.30. The van der Waals surface area contributed by atoms with Crippen LogP contribution in [0.4, 0.5) is 0 Å². The van der Waals surface area contributed by atoms with E-state index < -0.39 is 5.97 Å². The first-order valence-electron chi connectivity index (χ1n) is 6.47. The van der Waals surface area contributed by atoms with Crippen molar-refractivity contribution in [3.05, 3.63) is 28.8 Å². The number of carboxylic acids is 1. The number of carbonyl (C=O) groups is 1. The van der Waals surface area contributed by atoms with Gasteiger partial charge in [-0.2, -0.15) is 0 Å². The number of nitrogens with zero attached hydrogens (tertiary/aromatic N) is 1. The van der Waals surface area contributed by atoms with Crippen LogP contribution in [-0.4, -0.2) is 48.9 Å². The van der Waals surface area contributed by atoms with Gasteiger partial charge in [0.15, 0.2) is 0 Å². The molecule has 110 valence electrons. The van der Waals surface area contributed by atoms with Gasteiger partial charge >= 0.3 is 5.97 Å². The Balaban J connectivity index is 2.04. The van der Waals surface area contributed by atoms with Crippen molar-refractivity contribution >= 4 is 17.6 Å². The summed E-state index contributed by atoms with van der Waals surface area (Å²) < 4.78 is 10.8. The van der Waals surface area contributed by atoms with Gasteiger partial charge in [0, 0.05) is 30.2 Å². The summed E-state index contributed by atoms with van der Waals surface area (Å²) in [5.74, 6) is -0.0917. The highest BCUT2D eigenvalue weighted by molar-refractivity contribution is 6.31. The highest BCUT2D eigenvalue weighted by atomic mass is 35.5. The molecule has 6 heteroatoms. The third-order valence-electron chi connectivity index (χ3n) is 3.30. The minimum Gasteiger partial charge on any atom is -0.496 e. The number of aliphatic carboxylic acids is 1. The summed E-state index contributed by atoms with van der Waals surface area (Å²) >= 11 is 6.22. The smallest absolute Gasteiger partial charge is 0.306 e. The average Bonchev–Trinajstić information content (AvgIpc) is 2.41. The molecule has 0 amide bonds.